The van der Waals surface area contributed by atoms with E-state index in [0.29, 0.717) is 17.8 Å². The van der Waals surface area contributed by atoms with E-state index in [1.54, 1.807) is 6.07 Å². The van der Waals surface area contributed by atoms with Gasteiger partial charge in [0.1, 0.15) is 5.82 Å². The van der Waals surface area contributed by atoms with Gasteiger partial charge in [-0.2, -0.15) is 11.8 Å². The van der Waals surface area contributed by atoms with E-state index < -0.39 is 0 Å². The average Bonchev–Trinajstić information content (AvgIpc) is 3.26. The molecule has 20 heavy (non-hydrogen) atoms. The maximum atomic E-state index is 14.2. The van der Waals surface area contributed by atoms with Crippen molar-refractivity contribution in [2.75, 3.05) is 24.0 Å². The van der Waals surface area contributed by atoms with E-state index in [1.807, 2.05) is 35.8 Å². The Morgan fingerprint density at radius 2 is 2.20 bits per heavy atom. The molecule has 0 heterocycles. The van der Waals surface area contributed by atoms with Crippen molar-refractivity contribution < 1.29 is 4.39 Å². The molecular weight excluding hydrogens is 271 g/mol. The van der Waals surface area contributed by atoms with Crippen LogP contribution >= 0.6 is 11.8 Å². The SMILES string of the molecule is CSCCC(C)N(C)c1ccc(CNC2CC2)cc1F. The van der Waals surface area contributed by atoms with Crippen LogP contribution in [0.2, 0.25) is 0 Å². The number of halogens is 1. The van der Waals surface area contributed by atoms with E-state index in [-0.39, 0.29) is 5.82 Å². The zero-order valence-corrected chi connectivity index (χ0v) is 13.5. The summed E-state index contributed by atoms with van der Waals surface area (Å²) in [5, 5.41) is 3.42. The lowest BCUT2D eigenvalue weighted by Gasteiger charge is -2.27. The van der Waals surface area contributed by atoms with E-state index in [0.717, 1.165) is 24.3 Å². The van der Waals surface area contributed by atoms with Gasteiger partial charge in [-0.1, -0.05) is 6.07 Å². The fraction of sp³-hybridized carbons (Fsp3) is 0.625. The van der Waals surface area contributed by atoms with Crippen LogP contribution in [0.15, 0.2) is 18.2 Å². The van der Waals surface area contributed by atoms with Crippen molar-refractivity contribution in [3.63, 3.8) is 0 Å². The first-order valence-electron chi connectivity index (χ1n) is 7.35. The summed E-state index contributed by atoms with van der Waals surface area (Å²) in [5.74, 6) is 0.995. The minimum absolute atomic E-state index is 0.112. The van der Waals surface area contributed by atoms with Crippen LogP contribution in [0.4, 0.5) is 10.1 Å². The number of nitrogens with one attached hydrogen (secondary N) is 1. The Kier molecular flexibility index (Phi) is 5.73. The van der Waals surface area contributed by atoms with Gasteiger partial charge in [-0.05, 0) is 55.9 Å². The molecule has 0 amide bonds. The summed E-state index contributed by atoms with van der Waals surface area (Å²) >= 11 is 1.84. The third-order valence-corrected chi connectivity index (χ3v) is 4.61. The molecule has 0 radical (unpaired) electrons. The number of rotatable bonds is 8. The standard InChI is InChI=1S/C16H25FN2S/c1-12(8-9-20-3)19(2)16-7-4-13(10-15(16)17)11-18-14-5-6-14/h4,7,10,12,14,18H,5-6,8-9,11H2,1-3H3. The summed E-state index contributed by atoms with van der Waals surface area (Å²) in [4.78, 5) is 2.05. The number of anilines is 1. The first-order chi connectivity index (χ1) is 9.61. The Hall–Kier alpha value is -0.740. The Labute approximate surface area is 126 Å². The van der Waals surface area contributed by atoms with Crippen molar-refractivity contribution in [2.24, 2.45) is 0 Å². The normalized spacial score (nSPS) is 16.2. The molecule has 1 aliphatic carbocycles. The van der Waals surface area contributed by atoms with Crippen LogP contribution in [0.1, 0.15) is 31.7 Å². The van der Waals surface area contributed by atoms with Gasteiger partial charge in [0.05, 0.1) is 5.69 Å². The molecule has 0 aliphatic heterocycles. The van der Waals surface area contributed by atoms with E-state index in [9.17, 15) is 4.39 Å². The van der Waals surface area contributed by atoms with Crippen LogP contribution in [-0.4, -0.2) is 31.1 Å². The summed E-state index contributed by atoms with van der Waals surface area (Å²) in [5.41, 5.74) is 1.73. The number of hydrogen-bond acceptors (Lipinski definition) is 3. The third kappa shape index (κ3) is 4.38. The third-order valence-electron chi connectivity index (χ3n) is 3.97. The molecule has 1 unspecified atom stereocenters. The van der Waals surface area contributed by atoms with Gasteiger partial charge in [0.25, 0.3) is 0 Å². The lowest BCUT2D eigenvalue weighted by atomic mass is 10.1. The molecule has 112 valence electrons. The van der Waals surface area contributed by atoms with Crippen molar-refractivity contribution in [1.82, 2.24) is 5.32 Å². The molecule has 2 rings (SSSR count). The number of thioether (sulfide) groups is 1. The van der Waals surface area contributed by atoms with Gasteiger partial charge in [0.15, 0.2) is 0 Å². The first-order valence-corrected chi connectivity index (χ1v) is 8.74. The molecule has 1 aromatic rings. The molecule has 1 N–H and O–H groups in total. The second kappa shape index (κ2) is 7.32. The van der Waals surface area contributed by atoms with E-state index in [1.165, 1.54) is 12.8 Å². The van der Waals surface area contributed by atoms with Crippen molar-refractivity contribution >= 4 is 17.4 Å². The zero-order chi connectivity index (χ0) is 14.5. The molecule has 4 heteroatoms. The van der Waals surface area contributed by atoms with Crippen LogP contribution in [0.5, 0.6) is 0 Å². The van der Waals surface area contributed by atoms with Gasteiger partial charge >= 0.3 is 0 Å². The highest BCUT2D eigenvalue weighted by atomic mass is 32.2. The quantitative estimate of drug-likeness (QED) is 0.788. The van der Waals surface area contributed by atoms with Crippen molar-refractivity contribution in [1.29, 1.82) is 0 Å². The monoisotopic (exact) mass is 296 g/mol. The largest absolute Gasteiger partial charge is 0.369 e. The maximum Gasteiger partial charge on any atom is 0.146 e. The highest BCUT2D eigenvalue weighted by Crippen LogP contribution is 2.24. The van der Waals surface area contributed by atoms with Gasteiger partial charge in [0, 0.05) is 25.7 Å². The lowest BCUT2D eigenvalue weighted by molar-refractivity contribution is 0.596. The Morgan fingerprint density at radius 3 is 2.80 bits per heavy atom. The van der Waals surface area contributed by atoms with Crippen LogP contribution in [0, 0.1) is 5.82 Å². The summed E-state index contributed by atoms with van der Waals surface area (Å²) in [6.45, 7) is 2.92. The molecule has 1 fully saturated rings. The van der Waals surface area contributed by atoms with E-state index in [4.69, 9.17) is 0 Å². The fourth-order valence-corrected chi connectivity index (χ4v) is 2.79. The maximum absolute atomic E-state index is 14.2. The minimum Gasteiger partial charge on any atom is -0.369 e. The molecule has 1 aliphatic rings. The second-order valence-corrected chi connectivity index (χ2v) is 6.67. The van der Waals surface area contributed by atoms with E-state index in [2.05, 4.69) is 18.5 Å². The summed E-state index contributed by atoms with van der Waals surface area (Å²) in [6, 6.07) is 6.63. The highest BCUT2D eigenvalue weighted by Gasteiger charge is 2.20. The first kappa shape index (κ1) is 15.6. The highest BCUT2D eigenvalue weighted by molar-refractivity contribution is 7.98. The van der Waals surface area contributed by atoms with Gasteiger partial charge < -0.3 is 10.2 Å². The zero-order valence-electron chi connectivity index (χ0n) is 12.7. The molecule has 1 aromatic carbocycles. The fourth-order valence-electron chi connectivity index (χ4n) is 2.22. The molecule has 0 saturated heterocycles. The molecule has 0 bridgehead atoms. The minimum atomic E-state index is -0.112. The molecule has 0 aromatic heterocycles. The van der Waals surface area contributed by atoms with Crippen LogP contribution in [-0.2, 0) is 6.54 Å². The molecular formula is C16H25FN2S. The van der Waals surface area contributed by atoms with Crippen LogP contribution in [0.3, 0.4) is 0 Å². The number of nitrogens with zero attached hydrogens (tertiary/aromatic N) is 1. The smallest absolute Gasteiger partial charge is 0.146 e. The van der Waals surface area contributed by atoms with Crippen molar-refractivity contribution in [2.45, 2.75) is 44.8 Å². The molecule has 2 nitrogen and oxygen atoms in total. The Balaban J connectivity index is 1.96. The van der Waals surface area contributed by atoms with Gasteiger partial charge in [-0.15, -0.1) is 0 Å². The number of benzene rings is 1. The Bertz CT molecular complexity index is 434. The van der Waals surface area contributed by atoms with Crippen molar-refractivity contribution in [3.05, 3.63) is 29.6 Å². The molecule has 1 atom stereocenters. The summed E-state index contributed by atoms with van der Waals surface area (Å²) < 4.78 is 14.2. The average molecular weight is 296 g/mol. The van der Waals surface area contributed by atoms with Gasteiger partial charge in [-0.3, -0.25) is 0 Å². The van der Waals surface area contributed by atoms with Gasteiger partial charge in [-0.25, -0.2) is 4.39 Å². The van der Waals surface area contributed by atoms with Crippen LogP contribution in [0.25, 0.3) is 0 Å². The predicted molar refractivity (Wildman–Crippen MR) is 87.1 cm³/mol. The molecule has 0 spiro atoms. The summed E-state index contributed by atoms with van der Waals surface area (Å²) in [7, 11) is 1.98. The van der Waals surface area contributed by atoms with E-state index >= 15 is 0 Å². The Morgan fingerprint density at radius 1 is 1.45 bits per heavy atom. The topological polar surface area (TPSA) is 15.3 Å². The van der Waals surface area contributed by atoms with Crippen molar-refractivity contribution in [3.8, 4) is 0 Å². The summed E-state index contributed by atoms with van der Waals surface area (Å²) in [6.07, 6.45) is 5.70. The van der Waals surface area contributed by atoms with Gasteiger partial charge in [0.2, 0.25) is 0 Å². The number of hydrogen-bond donors (Lipinski definition) is 1. The lowest BCUT2D eigenvalue weighted by Crippen LogP contribution is -2.30. The second-order valence-electron chi connectivity index (χ2n) is 5.68. The molecule has 1 saturated carbocycles. The predicted octanol–water partition coefficient (Wildman–Crippen LogP) is 3.66. The van der Waals surface area contributed by atoms with Crippen LogP contribution < -0.4 is 10.2 Å².